The van der Waals surface area contributed by atoms with Crippen LogP contribution in [-0.2, 0) is 16.1 Å². The van der Waals surface area contributed by atoms with Gasteiger partial charge in [-0.3, -0.25) is 14.4 Å². The van der Waals surface area contributed by atoms with Crippen molar-refractivity contribution < 1.29 is 9.59 Å². The Kier molecular flexibility index (Phi) is 5.53. The van der Waals surface area contributed by atoms with Crippen LogP contribution >= 0.6 is 0 Å². The van der Waals surface area contributed by atoms with Gasteiger partial charge in [0.2, 0.25) is 11.8 Å². The van der Waals surface area contributed by atoms with Gasteiger partial charge >= 0.3 is 0 Å². The second kappa shape index (κ2) is 8.26. The number of amides is 2. The molecule has 0 spiro atoms. The first-order chi connectivity index (χ1) is 15.7. The first kappa shape index (κ1) is 22.1. The first-order valence-corrected chi connectivity index (χ1v) is 12.3. The third-order valence-electron chi connectivity index (χ3n) is 8.16. The Bertz CT molecular complexity index is 1100. The lowest BCUT2D eigenvalue weighted by molar-refractivity contribution is -0.150. The molecule has 7 nitrogen and oxygen atoms in total. The molecule has 0 saturated heterocycles. The summed E-state index contributed by atoms with van der Waals surface area (Å²) in [6.07, 6.45) is 6.75. The van der Waals surface area contributed by atoms with E-state index >= 15 is 0 Å². The summed E-state index contributed by atoms with van der Waals surface area (Å²) in [5.74, 6) is 2.33. The molecule has 1 aromatic heterocycles. The monoisotopic (exact) mass is 450 g/mol. The Balaban J connectivity index is 1.30. The van der Waals surface area contributed by atoms with Crippen LogP contribution in [0, 0.1) is 29.1 Å². The van der Waals surface area contributed by atoms with Crippen LogP contribution in [0.1, 0.15) is 58.2 Å². The van der Waals surface area contributed by atoms with Crippen molar-refractivity contribution in [1.82, 2.24) is 20.2 Å². The lowest BCUT2D eigenvalue weighted by Gasteiger charge is -2.56. The van der Waals surface area contributed by atoms with E-state index in [0.717, 1.165) is 19.3 Å². The molecular weight excluding hydrogens is 416 g/mol. The normalized spacial score (nSPS) is 28.8. The zero-order valence-corrected chi connectivity index (χ0v) is 19.8. The fourth-order valence-electron chi connectivity index (χ4n) is 6.95. The maximum Gasteiger partial charge on any atom is 0.258 e. The molecule has 2 amide bonds. The number of aromatic amines is 1. The van der Waals surface area contributed by atoms with Crippen LogP contribution in [-0.4, -0.2) is 39.8 Å². The van der Waals surface area contributed by atoms with E-state index in [0.29, 0.717) is 34.5 Å². The van der Waals surface area contributed by atoms with Gasteiger partial charge in [-0.1, -0.05) is 26.0 Å². The minimum Gasteiger partial charge on any atom is -0.344 e. The van der Waals surface area contributed by atoms with Gasteiger partial charge in [-0.25, -0.2) is 4.98 Å². The number of nitrogens with one attached hydrogen (secondary N) is 2. The van der Waals surface area contributed by atoms with Crippen LogP contribution in [0.5, 0.6) is 0 Å². The molecule has 1 atom stereocenters. The fraction of sp³-hybridized carbons (Fsp3) is 0.615. The molecule has 4 bridgehead atoms. The zero-order valence-electron chi connectivity index (χ0n) is 19.8. The second-order valence-corrected chi connectivity index (χ2v) is 11.1. The Morgan fingerprint density at radius 3 is 2.33 bits per heavy atom. The predicted molar refractivity (Wildman–Crippen MR) is 126 cm³/mol. The number of nitrogens with zero attached hydrogens (tertiary/aromatic N) is 2. The number of H-pyrrole nitrogens is 1. The van der Waals surface area contributed by atoms with E-state index in [1.165, 1.54) is 19.3 Å². The van der Waals surface area contributed by atoms with Gasteiger partial charge in [0.15, 0.2) is 0 Å². The summed E-state index contributed by atoms with van der Waals surface area (Å²) < 4.78 is 0. The molecule has 33 heavy (non-hydrogen) atoms. The maximum absolute atomic E-state index is 13.5. The van der Waals surface area contributed by atoms with Crippen LogP contribution in [0.2, 0.25) is 0 Å². The van der Waals surface area contributed by atoms with Crippen molar-refractivity contribution in [3.63, 3.8) is 0 Å². The highest BCUT2D eigenvalue weighted by Gasteiger charge is 2.55. The number of carbonyl (C=O) groups is 2. The molecule has 6 rings (SSSR count). The molecule has 176 valence electrons. The molecule has 4 fully saturated rings. The van der Waals surface area contributed by atoms with Gasteiger partial charge in [-0.2, -0.15) is 0 Å². The van der Waals surface area contributed by atoms with Crippen molar-refractivity contribution in [1.29, 1.82) is 0 Å². The standard InChI is InChI=1S/C26H34N4O3/c1-15(2)22(29-25(33)26-11-16-8-17(12-26)10-18(9-16)13-26)24(32)30(3)14-21-27-20-7-5-4-6-19(20)23(31)28-21/h4-7,15-18,22H,8-14H2,1-3H3,(H,29,33)(H,27,28,31). The van der Waals surface area contributed by atoms with E-state index in [9.17, 15) is 14.4 Å². The molecule has 2 N–H and O–H groups in total. The van der Waals surface area contributed by atoms with Crippen molar-refractivity contribution in [2.24, 2.45) is 29.1 Å². The van der Waals surface area contributed by atoms with Gasteiger partial charge in [0.25, 0.3) is 5.56 Å². The van der Waals surface area contributed by atoms with Gasteiger partial charge in [-0.05, 0) is 74.3 Å². The molecule has 2 aromatic rings. The average Bonchev–Trinajstić information content (AvgIpc) is 2.75. The Labute approximate surface area is 194 Å². The van der Waals surface area contributed by atoms with Crippen molar-refractivity contribution in [2.75, 3.05) is 7.05 Å². The number of para-hydroxylation sites is 1. The van der Waals surface area contributed by atoms with Crippen LogP contribution < -0.4 is 10.9 Å². The lowest BCUT2D eigenvalue weighted by Crippen LogP contribution is -2.58. The number of fused-ring (bicyclic) bond motifs is 1. The topological polar surface area (TPSA) is 95.2 Å². The highest BCUT2D eigenvalue weighted by atomic mass is 16.2. The lowest BCUT2D eigenvalue weighted by atomic mass is 9.49. The average molecular weight is 451 g/mol. The van der Waals surface area contributed by atoms with Gasteiger partial charge in [0.1, 0.15) is 11.9 Å². The van der Waals surface area contributed by atoms with Crippen LogP contribution in [0.4, 0.5) is 0 Å². The van der Waals surface area contributed by atoms with E-state index in [-0.39, 0.29) is 35.3 Å². The number of hydrogen-bond acceptors (Lipinski definition) is 4. The fourth-order valence-corrected chi connectivity index (χ4v) is 6.95. The molecule has 1 unspecified atom stereocenters. The van der Waals surface area contributed by atoms with Gasteiger partial charge in [0, 0.05) is 12.5 Å². The van der Waals surface area contributed by atoms with E-state index in [1.54, 1.807) is 30.1 Å². The van der Waals surface area contributed by atoms with Crippen LogP contribution in [0.25, 0.3) is 10.9 Å². The summed E-state index contributed by atoms with van der Waals surface area (Å²) >= 11 is 0. The summed E-state index contributed by atoms with van der Waals surface area (Å²) in [6.45, 7) is 4.11. The minimum absolute atomic E-state index is 0.0403. The smallest absolute Gasteiger partial charge is 0.258 e. The third kappa shape index (κ3) is 4.06. The number of hydrogen-bond donors (Lipinski definition) is 2. The zero-order chi connectivity index (χ0) is 23.3. The number of carbonyl (C=O) groups excluding carboxylic acids is 2. The minimum atomic E-state index is -0.595. The number of aromatic nitrogens is 2. The third-order valence-corrected chi connectivity index (χ3v) is 8.16. The maximum atomic E-state index is 13.5. The molecule has 4 saturated carbocycles. The molecule has 0 radical (unpaired) electrons. The molecule has 4 aliphatic rings. The molecule has 1 aromatic carbocycles. The van der Waals surface area contributed by atoms with Crippen LogP contribution in [0.3, 0.4) is 0 Å². The second-order valence-electron chi connectivity index (χ2n) is 11.1. The number of rotatable bonds is 6. The molecule has 1 heterocycles. The van der Waals surface area contributed by atoms with Gasteiger partial charge in [0.05, 0.1) is 17.4 Å². The Hall–Kier alpha value is -2.70. The summed E-state index contributed by atoms with van der Waals surface area (Å²) in [4.78, 5) is 48.2. The highest BCUT2D eigenvalue weighted by Crippen LogP contribution is 2.60. The highest BCUT2D eigenvalue weighted by molar-refractivity contribution is 5.90. The van der Waals surface area contributed by atoms with Crippen molar-refractivity contribution in [3.05, 3.63) is 40.4 Å². The predicted octanol–water partition coefficient (Wildman–Crippen LogP) is 3.24. The van der Waals surface area contributed by atoms with Crippen molar-refractivity contribution >= 4 is 22.7 Å². The van der Waals surface area contributed by atoms with Crippen LogP contribution in [0.15, 0.2) is 29.1 Å². The molecule has 0 aliphatic heterocycles. The van der Waals surface area contributed by atoms with Crippen molar-refractivity contribution in [2.45, 2.75) is 65.0 Å². The summed E-state index contributed by atoms with van der Waals surface area (Å²) in [5, 5.41) is 3.68. The van der Waals surface area contributed by atoms with Gasteiger partial charge in [-0.15, -0.1) is 0 Å². The summed E-state index contributed by atoms with van der Waals surface area (Å²) in [7, 11) is 1.70. The number of likely N-dealkylation sites (N-methyl/N-ethyl adjacent to an activating group) is 1. The SMILES string of the molecule is CC(C)C(NC(=O)C12CC3CC(CC(C3)C1)C2)C(=O)N(C)Cc1nc2ccccc2c(=O)[nH]1. The summed E-state index contributed by atoms with van der Waals surface area (Å²) in [5.41, 5.74) is 0.103. The number of benzene rings is 1. The summed E-state index contributed by atoms with van der Waals surface area (Å²) in [6, 6.07) is 6.56. The van der Waals surface area contributed by atoms with E-state index < -0.39 is 6.04 Å². The molecule has 4 aliphatic carbocycles. The Morgan fingerprint density at radius 1 is 1.12 bits per heavy atom. The van der Waals surface area contributed by atoms with E-state index in [2.05, 4.69) is 15.3 Å². The first-order valence-electron chi connectivity index (χ1n) is 12.3. The largest absolute Gasteiger partial charge is 0.344 e. The quantitative estimate of drug-likeness (QED) is 0.706. The van der Waals surface area contributed by atoms with Gasteiger partial charge < -0.3 is 15.2 Å². The van der Waals surface area contributed by atoms with E-state index in [4.69, 9.17) is 0 Å². The van der Waals surface area contributed by atoms with Crippen molar-refractivity contribution in [3.8, 4) is 0 Å². The molecular formula is C26H34N4O3. The molecule has 7 heteroatoms. The Morgan fingerprint density at radius 2 is 1.73 bits per heavy atom. The van der Waals surface area contributed by atoms with E-state index in [1.807, 2.05) is 19.9 Å².